The first-order chi connectivity index (χ1) is 13.2. The topological polar surface area (TPSA) is 65.3 Å². The molecule has 27 heavy (non-hydrogen) atoms. The summed E-state index contributed by atoms with van der Waals surface area (Å²) in [5.74, 6) is 1.54. The average Bonchev–Trinajstić information content (AvgIpc) is 3.10. The molecular formula is C20H22FN5O. The summed E-state index contributed by atoms with van der Waals surface area (Å²) in [6.07, 6.45) is 3.95. The molecule has 2 fully saturated rings. The lowest BCUT2D eigenvalue weighted by Gasteiger charge is -2.37. The van der Waals surface area contributed by atoms with E-state index in [1.54, 1.807) is 0 Å². The molecule has 1 aromatic heterocycles. The lowest BCUT2D eigenvalue weighted by Crippen LogP contribution is -2.50. The van der Waals surface area contributed by atoms with Gasteiger partial charge in [0.1, 0.15) is 5.75 Å². The molecule has 1 aromatic carbocycles. The van der Waals surface area contributed by atoms with E-state index in [0.717, 1.165) is 43.9 Å². The molecular weight excluding hydrogens is 345 g/mol. The van der Waals surface area contributed by atoms with Gasteiger partial charge in [-0.1, -0.05) is 12.1 Å². The van der Waals surface area contributed by atoms with Crippen LogP contribution in [-0.2, 0) is 6.42 Å². The smallest absolute Gasteiger partial charge is 0.225 e. The van der Waals surface area contributed by atoms with Crippen molar-refractivity contribution in [1.82, 2.24) is 14.9 Å². The maximum atomic E-state index is 13.0. The molecule has 2 atom stereocenters. The van der Waals surface area contributed by atoms with Crippen LogP contribution >= 0.6 is 0 Å². The molecule has 0 radical (unpaired) electrons. The predicted octanol–water partition coefficient (Wildman–Crippen LogP) is 2.27. The molecule has 6 nitrogen and oxygen atoms in total. The fraction of sp³-hybridized carbons (Fsp3) is 0.450. The van der Waals surface area contributed by atoms with Crippen LogP contribution in [0, 0.1) is 23.1 Å². The Morgan fingerprint density at radius 3 is 2.67 bits per heavy atom. The van der Waals surface area contributed by atoms with Crippen LogP contribution in [0.15, 0.2) is 36.7 Å². The van der Waals surface area contributed by atoms with Crippen molar-refractivity contribution in [1.29, 1.82) is 5.26 Å². The van der Waals surface area contributed by atoms with Crippen LogP contribution < -0.4 is 9.64 Å². The highest BCUT2D eigenvalue weighted by atomic mass is 19.1. The molecule has 0 aliphatic carbocycles. The van der Waals surface area contributed by atoms with Gasteiger partial charge in [-0.15, -0.1) is 0 Å². The van der Waals surface area contributed by atoms with E-state index in [1.807, 2.05) is 24.3 Å². The van der Waals surface area contributed by atoms with Crippen molar-refractivity contribution < 1.29 is 9.13 Å². The van der Waals surface area contributed by atoms with Crippen LogP contribution in [-0.4, -0.2) is 53.7 Å². The number of benzene rings is 1. The highest BCUT2D eigenvalue weighted by molar-refractivity contribution is 5.31. The molecule has 0 saturated carbocycles. The monoisotopic (exact) mass is 367 g/mol. The van der Waals surface area contributed by atoms with E-state index in [1.165, 1.54) is 12.4 Å². The third-order valence-corrected chi connectivity index (χ3v) is 5.28. The first-order valence-electron chi connectivity index (χ1n) is 9.26. The molecule has 0 N–H and O–H groups in total. The molecule has 2 aliphatic heterocycles. The first-order valence-corrected chi connectivity index (χ1v) is 9.26. The summed E-state index contributed by atoms with van der Waals surface area (Å²) in [5, 5.41) is 8.73. The van der Waals surface area contributed by atoms with Gasteiger partial charge in [-0.3, -0.25) is 4.90 Å². The van der Waals surface area contributed by atoms with Crippen LogP contribution in [0.1, 0.15) is 12.0 Å². The lowest BCUT2D eigenvalue weighted by molar-refractivity contribution is 0.216. The first kappa shape index (κ1) is 17.7. The largest absolute Gasteiger partial charge is 0.493 e. The van der Waals surface area contributed by atoms with Gasteiger partial charge in [0, 0.05) is 38.1 Å². The van der Waals surface area contributed by atoms with Gasteiger partial charge in [0.2, 0.25) is 5.95 Å². The molecule has 7 heteroatoms. The quantitative estimate of drug-likeness (QED) is 0.808. The maximum Gasteiger partial charge on any atom is 0.225 e. The van der Waals surface area contributed by atoms with Crippen molar-refractivity contribution in [3.05, 3.63) is 48.0 Å². The zero-order chi connectivity index (χ0) is 18.6. The van der Waals surface area contributed by atoms with Crippen LogP contribution in [0.3, 0.4) is 0 Å². The molecule has 0 spiro atoms. The second kappa shape index (κ2) is 7.89. The molecule has 140 valence electrons. The molecule has 4 rings (SSSR count). The molecule has 2 aliphatic rings. The Labute approximate surface area is 158 Å². The second-order valence-corrected chi connectivity index (χ2v) is 7.19. The van der Waals surface area contributed by atoms with Gasteiger partial charge < -0.3 is 9.64 Å². The van der Waals surface area contributed by atoms with Crippen molar-refractivity contribution in [3.8, 4) is 11.8 Å². The summed E-state index contributed by atoms with van der Waals surface area (Å²) < 4.78 is 19.0. The minimum absolute atomic E-state index is 0.406. The molecule has 0 amide bonds. The Balaban J connectivity index is 1.29. The van der Waals surface area contributed by atoms with Crippen molar-refractivity contribution in [2.24, 2.45) is 5.92 Å². The summed E-state index contributed by atoms with van der Waals surface area (Å²) in [7, 11) is 0. The fourth-order valence-electron chi connectivity index (χ4n) is 3.93. The van der Waals surface area contributed by atoms with Gasteiger partial charge in [0.05, 0.1) is 31.5 Å². The van der Waals surface area contributed by atoms with E-state index in [2.05, 4.69) is 25.8 Å². The number of piperazine rings is 1. The van der Waals surface area contributed by atoms with Crippen molar-refractivity contribution >= 4 is 5.95 Å². The van der Waals surface area contributed by atoms with Crippen LogP contribution in [0.25, 0.3) is 0 Å². The van der Waals surface area contributed by atoms with Gasteiger partial charge in [-0.25, -0.2) is 14.4 Å². The van der Waals surface area contributed by atoms with Crippen LogP contribution in [0.4, 0.5) is 10.3 Å². The molecule has 3 heterocycles. The highest BCUT2D eigenvalue weighted by Gasteiger charge is 2.37. The predicted molar refractivity (Wildman–Crippen MR) is 98.9 cm³/mol. The van der Waals surface area contributed by atoms with E-state index in [-0.39, 0.29) is 0 Å². The van der Waals surface area contributed by atoms with E-state index < -0.39 is 5.82 Å². The van der Waals surface area contributed by atoms with E-state index in [0.29, 0.717) is 30.9 Å². The van der Waals surface area contributed by atoms with Crippen LogP contribution in [0.5, 0.6) is 5.75 Å². The summed E-state index contributed by atoms with van der Waals surface area (Å²) in [4.78, 5) is 12.9. The van der Waals surface area contributed by atoms with Crippen LogP contribution in [0.2, 0.25) is 0 Å². The number of aromatic nitrogens is 2. The maximum absolute atomic E-state index is 13.0. The summed E-state index contributed by atoms with van der Waals surface area (Å²) in [6, 6.07) is 10.4. The number of ether oxygens (including phenoxy) is 1. The van der Waals surface area contributed by atoms with Crippen molar-refractivity contribution in [2.75, 3.05) is 37.7 Å². The Bertz CT molecular complexity index is 805. The Morgan fingerprint density at radius 1 is 1.15 bits per heavy atom. The number of halogens is 1. The number of rotatable bonds is 5. The summed E-state index contributed by atoms with van der Waals surface area (Å²) in [5.41, 5.74) is 1.01. The Hall–Kier alpha value is -2.72. The molecule has 2 aromatic rings. The van der Waals surface area contributed by atoms with E-state index in [4.69, 9.17) is 10.00 Å². The number of hydrogen-bond donors (Lipinski definition) is 0. The SMILES string of the molecule is N#CCc1ccc(OC[C@H]2C[C@H]3CN(c4ncc(F)cn4)CCN3C2)cc1. The summed E-state index contributed by atoms with van der Waals surface area (Å²) >= 11 is 0. The average molecular weight is 367 g/mol. The molecule has 2 saturated heterocycles. The minimum Gasteiger partial charge on any atom is -0.493 e. The third-order valence-electron chi connectivity index (χ3n) is 5.28. The van der Waals surface area contributed by atoms with Gasteiger partial charge >= 0.3 is 0 Å². The number of anilines is 1. The number of nitriles is 1. The molecule has 0 unspecified atom stereocenters. The molecule has 0 bridgehead atoms. The normalized spacial score (nSPS) is 22.3. The van der Waals surface area contributed by atoms with Gasteiger partial charge in [0.15, 0.2) is 5.82 Å². The highest BCUT2D eigenvalue weighted by Crippen LogP contribution is 2.28. The van der Waals surface area contributed by atoms with Crippen molar-refractivity contribution in [3.63, 3.8) is 0 Å². The zero-order valence-corrected chi connectivity index (χ0v) is 15.1. The van der Waals surface area contributed by atoms with E-state index >= 15 is 0 Å². The Kier molecular flexibility index (Phi) is 5.16. The zero-order valence-electron chi connectivity index (χ0n) is 15.1. The standard InChI is InChI=1S/C20H22FN5O/c21-17-10-23-20(24-11-17)26-8-7-25-12-16(9-18(25)13-26)14-27-19-3-1-15(2-4-19)5-6-22/h1-4,10-11,16,18H,5,7-9,12-14H2/t16-,18-/m0/s1. The second-order valence-electron chi connectivity index (χ2n) is 7.19. The summed E-state index contributed by atoms with van der Waals surface area (Å²) in [6.45, 7) is 4.42. The van der Waals surface area contributed by atoms with Crippen molar-refractivity contribution in [2.45, 2.75) is 18.9 Å². The number of hydrogen-bond acceptors (Lipinski definition) is 6. The third kappa shape index (κ3) is 4.17. The van der Waals surface area contributed by atoms with Gasteiger partial charge in [-0.05, 0) is 24.1 Å². The number of nitrogens with zero attached hydrogens (tertiary/aromatic N) is 5. The lowest BCUT2D eigenvalue weighted by atomic mass is 10.1. The fourth-order valence-corrected chi connectivity index (χ4v) is 3.93. The van der Waals surface area contributed by atoms with Gasteiger partial charge in [-0.2, -0.15) is 5.26 Å². The Morgan fingerprint density at radius 2 is 1.93 bits per heavy atom. The minimum atomic E-state index is -0.406. The number of fused-ring (bicyclic) bond motifs is 1. The van der Waals surface area contributed by atoms with Gasteiger partial charge in [0.25, 0.3) is 0 Å². The van der Waals surface area contributed by atoms with E-state index in [9.17, 15) is 4.39 Å².